The maximum absolute atomic E-state index is 14.4. The fourth-order valence-electron chi connectivity index (χ4n) is 2.79. The minimum Gasteiger partial charge on any atom is -0.328 e. The first-order chi connectivity index (χ1) is 8.07. The summed E-state index contributed by atoms with van der Waals surface area (Å²) in [6.45, 7) is 2.00. The highest BCUT2D eigenvalue weighted by Gasteiger charge is 2.33. The number of nitrogens with two attached hydrogens (primary N) is 1. The Bertz CT molecular complexity index is 367. The van der Waals surface area contributed by atoms with Crippen LogP contribution in [0.15, 0.2) is 24.3 Å². The molecule has 1 aliphatic rings. The molecule has 1 atom stereocenters. The molecule has 1 aromatic carbocycles. The van der Waals surface area contributed by atoms with Crippen molar-refractivity contribution in [2.24, 2.45) is 5.73 Å². The minimum absolute atomic E-state index is 0.163. The molecule has 1 aromatic rings. The Morgan fingerprint density at radius 1 is 1.29 bits per heavy atom. The van der Waals surface area contributed by atoms with Crippen molar-refractivity contribution in [3.63, 3.8) is 0 Å². The average molecular weight is 235 g/mol. The average Bonchev–Trinajstić information content (AvgIpc) is 2.64. The highest BCUT2D eigenvalue weighted by Crippen LogP contribution is 2.36. The topological polar surface area (TPSA) is 26.0 Å². The van der Waals surface area contributed by atoms with Gasteiger partial charge in [-0.05, 0) is 37.3 Å². The first-order valence-corrected chi connectivity index (χ1v) is 6.60. The molecule has 0 heterocycles. The third kappa shape index (κ3) is 3.53. The summed E-state index contributed by atoms with van der Waals surface area (Å²) in [5.41, 5.74) is 7.18. The van der Waals surface area contributed by atoms with E-state index in [1.54, 1.807) is 0 Å². The van der Waals surface area contributed by atoms with Crippen LogP contribution in [0.25, 0.3) is 0 Å². The van der Waals surface area contributed by atoms with Crippen molar-refractivity contribution < 1.29 is 4.39 Å². The molecule has 2 N–H and O–H groups in total. The predicted octanol–water partition coefficient (Wildman–Crippen LogP) is 3.40. The molecule has 0 spiro atoms. The first-order valence-electron chi connectivity index (χ1n) is 6.60. The van der Waals surface area contributed by atoms with Crippen LogP contribution in [-0.2, 0) is 12.8 Å². The Hall–Kier alpha value is -0.890. The van der Waals surface area contributed by atoms with Gasteiger partial charge in [-0.3, -0.25) is 0 Å². The van der Waals surface area contributed by atoms with Crippen LogP contribution in [0.1, 0.15) is 43.7 Å². The van der Waals surface area contributed by atoms with Gasteiger partial charge in [-0.15, -0.1) is 0 Å². The number of rotatable bonds is 4. The zero-order valence-electron chi connectivity index (χ0n) is 10.6. The number of hydrogen-bond acceptors (Lipinski definition) is 1. The van der Waals surface area contributed by atoms with Gasteiger partial charge in [-0.25, -0.2) is 4.39 Å². The predicted molar refractivity (Wildman–Crippen MR) is 69.8 cm³/mol. The molecule has 0 radical (unpaired) electrons. The molecule has 0 aliphatic heterocycles. The van der Waals surface area contributed by atoms with E-state index in [-0.39, 0.29) is 6.04 Å². The molecule has 2 rings (SSSR count). The number of alkyl halides is 1. The lowest BCUT2D eigenvalue weighted by atomic mass is 9.93. The maximum atomic E-state index is 14.4. The van der Waals surface area contributed by atoms with Crippen molar-refractivity contribution in [2.45, 2.75) is 57.2 Å². The molecule has 0 amide bonds. The molecular formula is C15H22FN. The molecule has 1 unspecified atom stereocenters. The van der Waals surface area contributed by atoms with E-state index in [1.165, 1.54) is 5.56 Å². The van der Waals surface area contributed by atoms with Gasteiger partial charge in [0.2, 0.25) is 0 Å². The van der Waals surface area contributed by atoms with E-state index in [0.717, 1.165) is 37.7 Å². The normalized spacial score (nSPS) is 20.4. The molecule has 2 heteroatoms. The Kier molecular flexibility index (Phi) is 3.82. The van der Waals surface area contributed by atoms with Gasteiger partial charge >= 0.3 is 0 Å². The highest BCUT2D eigenvalue weighted by atomic mass is 19.1. The van der Waals surface area contributed by atoms with Crippen LogP contribution >= 0.6 is 0 Å². The fraction of sp³-hybridized carbons (Fsp3) is 0.600. The zero-order chi connectivity index (χ0) is 12.3. The van der Waals surface area contributed by atoms with Crippen molar-refractivity contribution in [3.8, 4) is 0 Å². The van der Waals surface area contributed by atoms with E-state index in [1.807, 2.05) is 19.1 Å². The first kappa shape index (κ1) is 12.6. The lowest BCUT2D eigenvalue weighted by Gasteiger charge is -2.19. The van der Waals surface area contributed by atoms with Crippen LogP contribution in [0.3, 0.4) is 0 Å². The summed E-state index contributed by atoms with van der Waals surface area (Å²) in [5, 5.41) is 0. The molecule has 1 aliphatic carbocycles. The number of hydrogen-bond donors (Lipinski definition) is 1. The molecule has 1 saturated carbocycles. The van der Waals surface area contributed by atoms with Crippen molar-refractivity contribution in [2.75, 3.05) is 0 Å². The van der Waals surface area contributed by atoms with E-state index in [4.69, 9.17) is 5.73 Å². The third-order valence-corrected chi connectivity index (χ3v) is 3.57. The highest BCUT2D eigenvalue weighted by molar-refractivity contribution is 5.25. The van der Waals surface area contributed by atoms with Gasteiger partial charge in [0.1, 0.15) is 5.67 Å². The molecule has 0 bridgehead atoms. The second-order valence-electron chi connectivity index (χ2n) is 5.54. The van der Waals surface area contributed by atoms with Gasteiger partial charge in [0.15, 0.2) is 0 Å². The lowest BCUT2D eigenvalue weighted by Crippen LogP contribution is -2.21. The van der Waals surface area contributed by atoms with Crippen molar-refractivity contribution in [1.82, 2.24) is 0 Å². The van der Waals surface area contributed by atoms with Gasteiger partial charge in [-0.2, -0.15) is 0 Å². The number of halogens is 1. The van der Waals surface area contributed by atoms with Crippen LogP contribution in [0.4, 0.5) is 4.39 Å². The van der Waals surface area contributed by atoms with E-state index >= 15 is 0 Å². The molecule has 0 aromatic heterocycles. The maximum Gasteiger partial charge on any atom is 0.115 e. The summed E-state index contributed by atoms with van der Waals surface area (Å²) in [4.78, 5) is 0. The van der Waals surface area contributed by atoms with E-state index in [9.17, 15) is 4.39 Å². The SMILES string of the molecule is CC(N)Cc1cccc(CC2(F)CCCC2)c1. The Morgan fingerprint density at radius 3 is 2.59 bits per heavy atom. The van der Waals surface area contributed by atoms with Gasteiger partial charge in [0.25, 0.3) is 0 Å². The molecule has 1 nitrogen and oxygen atoms in total. The summed E-state index contributed by atoms with van der Waals surface area (Å²) < 4.78 is 14.4. The monoisotopic (exact) mass is 235 g/mol. The lowest BCUT2D eigenvalue weighted by molar-refractivity contribution is 0.173. The Morgan fingerprint density at radius 2 is 1.94 bits per heavy atom. The molecule has 1 fully saturated rings. The summed E-state index contributed by atoms with van der Waals surface area (Å²) >= 11 is 0. The van der Waals surface area contributed by atoms with Crippen LogP contribution in [0.2, 0.25) is 0 Å². The van der Waals surface area contributed by atoms with Gasteiger partial charge in [0.05, 0.1) is 0 Å². The molecule has 17 heavy (non-hydrogen) atoms. The van der Waals surface area contributed by atoms with Crippen LogP contribution in [0, 0.1) is 0 Å². The standard InChI is InChI=1S/C15H22FN/c1-12(17)9-13-5-4-6-14(10-13)11-15(16)7-2-3-8-15/h4-6,10,12H,2-3,7-9,11,17H2,1H3. The second kappa shape index (κ2) is 5.18. The largest absolute Gasteiger partial charge is 0.328 e. The van der Waals surface area contributed by atoms with Crippen molar-refractivity contribution in [1.29, 1.82) is 0 Å². The smallest absolute Gasteiger partial charge is 0.115 e. The van der Waals surface area contributed by atoms with Crippen molar-refractivity contribution >= 4 is 0 Å². The van der Waals surface area contributed by atoms with E-state index in [2.05, 4.69) is 12.1 Å². The third-order valence-electron chi connectivity index (χ3n) is 3.57. The summed E-state index contributed by atoms with van der Waals surface area (Å²) in [6, 6.07) is 8.40. The molecule has 0 saturated heterocycles. The van der Waals surface area contributed by atoms with E-state index < -0.39 is 5.67 Å². The summed E-state index contributed by atoms with van der Waals surface area (Å²) in [5.74, 6) is 0. The zero-order valence-corrected chi connectivity index (χ0v) is 10.6. The quantitative estimate of drug-likeness (QED) is 0.850. The summed E-state index contributed by atoms with van der Waals surface area (Å²) in [7, 11) is 0. The Balaban J connectivity index is 2.05. The minimum atomic E-state index is -0.951. The van der Waals surface area contributed by atoms with Gasteiger partial charge in [-0.1, -0.05) is 37.1 Å². The van der Waals surface area contributed by atoms with E-state index in [0.29, 0.717) is 6.42 Å². The summed E-state index contributed by atoms with van der Waals surface area (Å²) in [6.07, 6.45) is 4.97. The van der Waals surface area contributed by atoms with Crippen molar-refractivity contribution in [3.05, 3.63) is 35.4 Å². The number of benzene rings is 1. The van der Waals surface area contributed by atoms with Gasteiger partial charge < -0.3 is 5.73 Å². The fourth-order valence-corrected chi connectivity index (χ4v) is 2.79. The Labute approximate surface area is 103 Å². The van der Waals surface area contributed by atoms with Crippen LogP contribution in [-0.4, -0.2) is 11.7 Å². The molecular weight excluding hydrogens is 213 g/mol. The van der Waals surface area contributed by atoms with Crippen LogP contribution in [0.5, 0.6) is 0 Å². The van der Waals surface area contributed by atoms with Crippen LogP contribution < -0.4 is 5.73 Å². The second-order valence-corrected chi connectivity index (χ2v) is 5.54. The molecule has 94 valence electrons. The van der Waals surface area contributed by atoms with Gasteiger partial charge in [0, 0.05) is 12.5 Å².